The van der Waals surface area contributed by atoms with Crippen molar-refractivity contribution in [2.75, 3.05) is 17.3 Å². The molecule has 0 heterocycles. The van der Waals surface area contributed by atoms with E-state index in [1.165, 1.54) is 68.9 Å². The molecular weight excluding hydrogens is 284 g/mol. The molecule has 0 fully saturated rings. The van der Waals surface area contributed by atoms with Crippen LogP contribution in [0.2, 0.25) is 0 Å². The normalized spacial score (nSPS) is 10.1. The Balaban J connectivity index is 0. The molecule has 0 amide bonds. The van der Waals surface area contributed by atoms with Gasteiger partial charge < -0.3 is 5.73 Å². The largest absolute Gasteiger partial charge is 0.379 e. The summed E-state index contributed by atoms with van der Waals surface area (Å²) in [6.45, 7) is 2.27. The minimum Gasteiger partial charge on any atom is -0.379 e. The Hall–Kier alpha value is 0.460. The van der Waals surface area contributed by atoms with E-state index in [1.54, 1.807) is 0 Å². The molecule has 110 valence electrons. The molecule has 2 nitrogen and oxygen atoms in total. The monoisotopic (exact) mass is 312 g/mol. The molecule has 0 spiro atoms. The number of hydrogen-bond acceptors (Lipinski definition) is 3. The van der Waals surface area contributed by atoms with Crippen LogP contribution in [0.3, 0.4) is 0 Å². The van der Waals surface area contributed by atoms with Gasteiger partial charge in [-0.2, -0.15) is 11.8 Å². The van der Waals surface area contributed by atoms with Crippen LogP contribution in [0, 0.1) is 5.41 Å². The molecule has 0 unspecified atom stereocenters. The van der Waals surface area contributed by atoms with Gasteiger partial charge in [0.15, 0.2) is 5.17 Å². The van der Waals surface area contributed by atoms with Crippen LogP contribution in [-0.2, 0) is 0 Å². The summed E-state index contributed by atoms with van der Waals surface area (Å²) >= 11 is 3.45. The lowest BCUT2D eigenvalue weighted by Gasteiger charge is -2.02. The van der Waals surface area contributed by atoms with Gasteiger partial charge in [-0.3, -0.25) is 5.41 Å². The van der Waals surface area contributed by atoms with Gasteiger partial charge in [-0.05, 0) is 12.2 Å². The molecule has 0 aliphatic heterocycles. The number of thioether (sulfide) groups is 2. The van der Waals surface area contributed by atoms with Crippen LogP contribution in [0.1, 0.15) is 58.3 Å². The third-order valence-corrected chi connectivity index (χ3v) is 4.68. The van der Waals surface area contributed by atoms with Crippen LogP contribution in [0.4, 0.5) is 0 Å². The third kappa shape index (κ3) is 18.8. The van der Waals surface area contributed by atoms with Crippen LogP contribution in [0.25, 0.3) is 0 Å². The first-order valence-corrected chi connectivity index (χ1v) is 8.96. The second-order valence-corrected chi connectivity index (χ2v) is 6.66. The van der Waals surface area contributed by atoms with E-state index in [2.05, 4.69) is 6.92 Å². The molecule has 0 saturated heterocycles. The van der Waals surface area contributed by atoms with Crippen LogP contribution >= 0.6 is 35.9 Å². The number of nitrogens with one attached hydrogen (secondary N) is 1. The van der Waals surface area contributed by atoms with Crippen LogP contribution in [0.15, 0.2) is 0 Å². The molecule has 0 aliphatic rings. The molecule has 0 saturated carbocycles. The Morgan fingerprint density at radius 3 is 2.00 bits per heavy atom. The summed E-state index contributed by atoms with van der Waals surface area (Å²) in [6, 6.07) is 0. The maximum Gasteiger partial charge on any atom is 0.151 e. The molecule has 18 heavy (non-hydrogen) atoms. The quantitative estimate of drug-likeness (QED) is 0.306. The molecule has 0 radical (unpaired) electrons. The Bertz CT molecular complexity index is 180. The number of amidine groups is 1. The highest BCUT2D eigenvalue weighted by atomic mass is 35.5. The molecule has 0 atom stereocenters. The van der Waals surface area contributed by atoms with E-state index in [4.69, 9.17) is 11.1 Å². The van der Waals surface area contributed by atoms with Crippen molar-refractivity contribution in [2.45, 2.75) is 58.3 Å². The number of hydrogen-bond donors (Lipinski definition) is 2. The van der Waals surface area contributed by atoms with Crippen molar-refractivity contribution in [3.8, 4) is 0 Å². The maximum absolute atomic E-state index is 7.07. The van der Waals surface area contributed by atoms with Crippen molar-refractivity contribution in [1.82, 2.24) is 0 Å². The van der Waals surface area contributed by atoms with E-state index in [0.29, 0.717) is 0 Å². The smallest absolute Gasteiger partial charge is 0.151 e. The summed E-state index contributed by atoms with van der Waals surface area (Å²) in [4.78, 5) is 0. The standard InChI is InChI=1S/C13H28N2S2.ClH/c1-2-3-4-5-6-7-8-9-10-16-11-12-17-13(14)15;/h2-12H2,1H3,(H3,14,15);1H. The topological polar surface area (TPSA) is 49.9 Å². The number of halogens is 1. The predicted octanol–water partition coefficient (Wildman–Crippen LogP) is 4.91. The zero-order valence-electron chi connectivity index (χ0n) is 11.6. The van der Waals surface area contributed by atoms with Gasteiger partial charge in [-0.25, -0.2) is 0 Å². The molecule has 0 aromatic rings. The summed E-state index contributed by atoms with van der Waals surface area (Å²) in [7, 11) is 0. The van der Waals surface area contributed by atoms with Crippen molar-refractivity contribution >= 4 is 41.1 Å². The average Bonchev–Trinajstić information content (AvgIpc) is 2.30. The highest BCUT2D eigenvalue weighted by molar-refractivity contribution is 8.14. The van der Waals surface area contributed by atoms with Crippen molar-refractivity contribution in [3.63, 3.8) is 0 Å². The van der Waals surface area contributed by atoms with E-state index in [0.717, 1.165) is 11.5 Å². The van der Waals surface area contributed by atoms with Gasteiger partial charge >= 0.3 is 0 Å². The zero-order chi connectivity index (χ0) is 12.8. The van der Waals surface area contributed by atoms with E-state index in [9.17, 15) is 0 Å². The number of unbranched alkanes of at least 4 members (excludes halogenated alkanes) is 7. The third-order valence-electron chi connectivity index (χ3n) is 2.63. The lowest BCUT2D eigenvalue weighted by atomic mass is 10.1. The van der Waals surface area contributed by atoms with Crippen molar-refractivity contribution in [3.05, 3.63) is 0 Å². The fraction of sp³-hybridized carbons (Fsp3) is 0.923. The van der Waals surface area contributed by atoms with Crippen molar-refractivity contribution in [2.24, 2.45) is 5.73 Å². The molecular formula is C13H29ClN2S2. The van der Waals surface area contributed by atoms with E-state index < -0.39 is 0 Å². The summed E-state index contributed by atoms with van der Waals surface area (Å²) in [5.41, 5.74) is 5.26. The fourth-order valence-corrected chi connectivity index (χ4v) is 3.29. The summed E-state index contributed by atoms with van der Waals surface area (Å²) in [6.07, 6.45) is 11.2. The van der Waals surface area contributed by atoms with Gasteiger partial charge in [-0.15, -0.1) is 12.4 Å². The molecule has 3 N–H and O–H groups in total. The summed E-state index contributed by atoms with van der Waals surface area (Å²) in [5.74, 6) is 3.38. The second-order valence-electron chi connectivity index (χ2n) is 4.30. The second kappa shape index (κ2) is 17.5. The van der Waals surface area contributed by atoms with Crippen LogP contribution in [0.5, 0.6) is 0 Å². The first-order valence-electron chi connectivity index (χ1n) is 6.82. The first-order chi connectivity index (χ1) is 8.27. The lowest BCUT2D eigenvalue weighted by molar-refractivity contribution is 0.586. The Morgan fingerprint density at radius 1 is 0.889 bits per heavy atom. The SMILES string of the molecule is CCCCCCCCCCSCCSC(=N)N.Cl. The van der Waals surface area contributed by atoms with Crippen molar-refractivity contribution < 1.29 is 0 Å². The first kappa shape index (κ1) is 20.8. The molecule has 0 aromatic heterocycles. The average molecular weight is 313 g/mol. The van der Waals surface area contributed by atoms with Gasteiger partial charge in [0.25, 0.3) is 0 Å². The lowest BCUT2D eigenvalue weighted by Crippen LogP contribution is -2.05. The Morgan fingerprint density at radius 2 is 1.44 bits per heavy atom. The molecule has 0 bridgehead atoms. The van der Waals surface area contributed by atoms with E-state index >= 15 is 0 Å². The van der Waals surface area contributed by atoms with Crippen molar-refractivity contribution in [1.29, 1.82) is 5.41 Å². The van der Waals surface area contributed by atoms with E-state index in [-0.39, 0.29) is 17.6 Å². The maximum atomic E-state index is 7.07. The van der Waals surface area contributed by atoms with Gasteiger partial charge in [0, 0.05) is 11.5 Å². The predicted molar refractivity (Wildman–Crippen MR) is 91.6 cm³/mol. The summed E-state index contributed by atoms with van der Waals surface area (Å²) < 4.78 is 0. The minimum atomic E-state index is 0. The van der Waals surface area contributed by atoms with Gasteiger partial charge in [-0.1, -0.05) is 63.6 Å². The van der Waals surface area contributed by atoms with Gasteiger partial charge in [0.05, 0.1) is 0 Å². The summed E-state index contributed by atoms with van der Waals surface area (Å²) in [5, 5.41) is 7.31. The van der Waals surface area contributed by atoms with Crippen LogP contribution in [-0.4, -0.2) is 22.4 Å². The van der Waals surface area contributed by atoms with Gasteiger partial charge in [0.1, 0.15) is 0 Å². The highest BCUT2D eigenvalue weighted by Gasteiger charge is 1.94. The molecule has 0 aromatic carbocycles. The minimum absolute atomic E-state index is 0. The van der Waals surface area contributed by atoms with Crippen LogP contribution < -0.4 is 5.73 Å². The number of nitrogens with two attached hydrogens (primary N) is 1. The molecule has 0 aliphatic carbocycles. The Kier molecular flexibility index (Phi) is 20.1. The zero-order valence-corrected chi connectivity index (χ0v) is 14.0. The Labute approximate surface area is 128 Å². The van der Waals surface area contributed by atoms with Gasteiger partial charge in [0.2, 0.25) is 0 Å². The fourth-order valence-electron chi connectivity index (χ4n) is 1.65. The highest BCUT2D eigenvalue weighted by Crippen LogP contribution is 2.12. The van der Waals surface area contributed by atoms with E-state index in [1.807, 2.05) is 11.8 Å². The number of rotatable bonds is 12. The molecule has 5 heteroatoms. The molecule has 0 rings (SSSR count).